The third-order valence-corrected chi connectivity index (χ3v) is 4.01. The van der Waals surface area contributed by atoms with E-state index in [-0.39, 0.29) is 0 Å². The maximum Gasteiger partial charge on any atom is 0.183 e. The van der Waals surface area contributed by atoms with E-state index in [1.165, 1.54) is 15.8 Å². The van der Waals surface area contributed by atoms with Crippen molar-refractivity contribution in [2.24, 2.45) is 0 Å². The summed E-state index contributed by atoms with van der Waals surface area (Å²) in [5.41, 5.74) is 3.58. The summed E-state index contributed by atoms with van der Waals surface area (Å²) >= 11 is 1.71. The molecular formula is C15H15N3S. The molecule has 0 atom stereocenters. The van der Waals surface area contributed by atoms with Crippen molar-refractivity contribution in [1.29, 1.82) is 0 Å². The molecular weight excluding hydrogens is 254 g/mol. The average Bonchev–Trinajstić information content (AvgIpc) is 2.84. The normalized spacial score (nSPS) is 10.8. The molecule has 0 spiro atoms. The van der Waals surface area contributed by atoms with E-state index >= 15 is 0 Å². The van der Waals surface area contributed by atoms with E-state index in [1.807, 2.05) is 12.3 Å². The van der Waals surface area contributed by atoms with Crippen LogP contribution in [0.1, 0.15) is 11.1 Å². The SMILES string of the molecule is Cc1cccc2sc(NCCc3cccnc3)nc12. The van der Waals surface area contributed by atoms with Crippen LogP contribution >= 0.6 is 11.3 Å². The highest BCUT2D eigenvalue weighted by Crippen LogP contribution is 2.27. The standard InChI is InChI=1S/C15H15N3S/c1-11-4-2-6-13-14(11)18-15(19-13)17-9-7-12-5-3-8-16-10-12/h2-6,8,10H,7,9H2,1H3,(H,17,18). The Morgan fingerprint density at radius 3 is 2.95 bits per heavy atom. The van der Waals surface area contributed by atoms with Crippen LogP contribution in [-0.2, 0) is 6.42 Å². The second kappa shape index (κ2) is 5.36. The number of thiazole rings is 1. The Labute approximate surface area is 116 Å². The van der Waals surface area contributed by atoms with Crippen molar-refractivity contribution < 1.29 is 0 Å². The molecule has 1 N–H and O–H groups in total. The maximum atomic E-state index is 4.64. The minimum atomic E-state index is 0.880. The van der Waals surface area contributed by atoms with Crippen LogP contribution in [0.15, 0.2) is 42.7 Å². The van der Waals surface area contributed by atoms with Crippen LogP contribution in [0.2, 0.25) is 0 Å². The molecule has 0 aliphatic rings. The molecule has 0 saturated carbocycles. The van der Waals surface area contributed by atoms with E-state index in [2.05, 4.69) is 46.5 Å². The smallest absolute Gasteiger partial charge is 0.183 e. The number of anilines is 1. The molecule has 0 amide bonds. The fraction of sp³-hybridized carbons (Fsp3) is 0.200. The van der Waals surface area contributed by atoms with Crippen LogP contribution in [0.5, 0.6) is 0 Å². The molecule has 0 unspecified atom stereocenters. The van der Waals surface area contributed by atoms with Gasteiger partial charge < -0.3 is 5.32 Å². The van der Waals surface area contributed by atoms with E-state index in [4.69, 9.17) is 0 Å². The molecule has 1 aromatic carbocycles. The van der Waals surface area contributed by atoms with Gasteiger partial charge in [-0.05, 0) is 36.6 Å². The monoisotopic (exact) mass is 269 g/mol. The molecule has 0 saturated heterocycles. The molecule has 3 aromatic rings. The zero-order valence-electron chi connectivity index (χ0n) is 10.8. The quantitative estimate of drug-likeness (QED) is 0.785. The van der Waals surface area contributed by atoms with Crippen LogP contribution in [-0.4, -0.2) is 16.5 Å². The first-order chi connectivity index (χ1) is 9.33. The lowest BCUT2D eigenvalue weighted by Crippen LogP contribution is -2.04. The molecule has 96 valence electrons. The van der Waals surface area contributed by atoms with Crippen molar-refractivity contribution in [2.75, 3.05) is 11.9 Å². The predicted molar refractivity (Wildman–Crippen MR) is 80.8 cm³/mol. The molecule has 2 heterocycles. The largest absolute Gasteiger partial charge is 0.361 e. The van der Waals surface area contributed by atoms with Gasteiger partial charge in [0, 0.05) is 18.9 Å². The van der Waals surface area contributed by atoms with Crippen molar-refractivity contribution in [3.05, 3.63) is 53.9 Å². The minimum absolute atomic E-state index is 0.880. The van der Waals surface area contributed by atoms with Crippen LogP contribution in [0.3, 0.4) is 0 Å². The number of hydrogen-bond acceptors (Lipinski definition) is 4. The van der Waals surface area contributed by atoms with Crippen LogP contribution in [0.25, 0.3) is 10.2 Å². The molecule has 0 radical (unpaired) electrons. The lowest BCUT2D eigenvalue weighted by molar-refractivity contribution is 1.00. The first-order valence-corrected chi connectivity index (χ1v) is 7.13. The van der Waals surface area contributed by atoms with E-state index in [0.717, 1.165) is 23.6 Å². The average molecular weight is 269 g/mol. The van der Waals surface area contributed by atoms with E-state index in [0.29, 0.717) is 0 Å². The van der Waals surface area contributed by atoms with Crippen LogP contribution in [0, 0.1) is 6.92 Å². The number of aromatic nitrogens is 2. The topological polar surface area (TPSA) is 37.8 Å². The van der Waals surface area contributed by atoms with Crippen molar-refractivity contribution in [3.63, 3.8) is 0 Å². The van der Waals surface area contributed by atoms with Gasteiger partial charge in [-0.15, -0.1) is 0 Å². The second-order valence-electron chi connectivity index (χ2n) is 4.48. The van der Waals surface area contributed by atoms with Gasteiger partial charge in [0.2, 0.25) is 0 Å². The van der Waals surface area contributed by atoms with E-state index < -0.39 is 0 Å². The van der Waals surface area contributed by atoms with Crippen LogP contribution < -0.4 is 5.32 Å². The molecule has 0 fully saturated rings. The van der Waals surface area contributed by atoms with Gasteiger partial charge in [0.25, 0.3) is 0 Å². The van der Waals surface area contributed by atoms with Gasteiger partial charge in [-0.3, -0.25) is 4.98 Å². The highest BCUT2D eigenvalue weighted by atomic mass is 32.1. The van der Waals surface area contributed by atoms with Gasteiger partial charge in [-0.1, -0.05) is 29.5 Å². The fourth-order valence-electron chi connectivity index (χ4n) is 2.02. The zero-order valence-corrected chi connectivity index (χ0v) is 11.6. The highest BCUT2D eigenvalue weighted by molar-refractivity contribution is 7.22. The molecule has 19 heavy (non-hydrogen) atoms. The Morgan fingerprint density at radius 1 is 1.21 bits per heavy atom. The Morgan fingerprint density at radius 2 is 2.16 bits per heavy atom. The fourth-order valence-corrected chi connectivity index (χ4v) is 2.99. The number of benzene rings is 1. The first kappa shape index (κ1) is 12.1. The summed E-state index contributed by atoms with van der Waals surface area (Å²) in [4.78, 5) is 8.75. The van der Waals surface area contributed by atoms with Gasteiger partial charge in [0.15, 0.2) is 5.13 Å². The summed E-state index contributed by atoms with van der Waals surface area (Å²) in [6.45, 7) is 2.98. The maximum absolute atomic E-state index is 4.64. The number of nitrogens with zero attached hydrogens (tertiary/aromatic N) is 2. The van der Waals surface area contributed by atoms with Crippen molar-refractivity contribution in [2.45, 2.75) is 13.3 Å². The van der Waals surface area contributed by atoms with Gasteiger partial charge in [-0.2, -0.15) is 0 Å². The molecule has 0 aliphatic carbocycles. The van der Waals surface area contributed by atoms with Gasteiger partial charge in [0.05, 0.1) is 10.2 Å². The summed E-state index contributed by atoms with van der Waals surface area (Å²) < 4.78 is 1.24. The highest BCUT2D eigenvalue weighted by Gasteiger charge is 2.04. The number of pyridine rings is 1. The number of aryl methyl sites for hydroxylation is 1. The minimum Gasteiger partial charge on any atom is -0.361 e. The third kappa shape index (κ3) is 2.74. The summed E-state index contributed by atoms with van der Waals surface area (Å²) in [6, 6.07) is 10.4. The Balaban J connectivity index is 1.67. The second-order valence-corrected chi connectivity index (χ2v) is 5.51. The van der Waals surface area contributed by atoms with Crippen LogP contribution in [0.4, 0.5) is 5.13 Å². The molecule has 3 rings (SSSR count). The molecule has 4 heteroatoms. The molecule has 0 aliphatic heterocycles. The number of nitrogens with one attached hydrogen (secondary N) is 1. The molecule has 3 nitrogen and oxygen atoms in total. The Hall–Kier alpha value is -1.94. The number of para-hydroxylation sites is 1. The Bertz CT molecular complexity index is 676. The number of fused-ring (bicyclic) bond motifs is 1. The summed E-state index contributed by atoms with van der Waals surface area (Å²) in [7, 11) is 0. The van der Waals surface area contributed by atoms with Gasteiger partial charge >= 0.3 is 0 Å². The predicted octanol–water partition coefficient (Wildman–Crippen LogP) is 3.65. The Kier molecular flexibility index (Phi) is 3.42. The van der Waals surface area contributed by atoms with Crippen molar-refractivity contribution in [1.82, 2.24) is 9.97 Å². The summed E-state index contributed by atoms with van der Waals surface area (Å²) in [5.74, 6) is 0. The van der Waals surface area contributed by atoms with Gasteiger partial charge in [-0.25, -0.2) is 4.98 Å². The number of hydrogen-bond donors (Lipinski definition) is 1. The van der Waals surface area contributed by atoms with Crippen molar-refractivity contribution >= 4 is 26.7 Å². The van der Waals surface area contributed by atoms with Crippen molar-refractivity contribution in [3.8, 4) is 0 Å². The van der Waals surface area contributed by atoms with E-state index in [1.54, 1.807) is 17.5 Å². The summed E-state index contributed by atoms with van der Waals surface area (Å²) in [6.07, 6.45) is 4.67. The molecule has 0 bridgehead atoms. The third-order valence-electron chi connectivity index (χ3n) is 3.03. The summed E-state index contributed by atoms with van der Waals surface area (Å²) in [5, 5.41) is 4.38. The lowest BCUT2D eigenvalue weighted by atomic mass is 10.2. The lowest BCUT2D eigenvalue weighted by Gasteiger charge is -2.01. The van der Waals surface area contributed by atoms with E-state index in [9.17, 15) is 0 Å². The number of rotatable bonds is 4. The zero-order chi connectivity index (χ0) is 13.1. The molecule has 2 aromatic heterocycles. The first-order valence-electron chi connectivity index (χ1n) is 6.32. The van der Waals surface area contributed by atoms with Gasteiger partial charge in [0.1, 0.15) is 0 Å².